The smallest absolute Gasteiger partial charge is 0.335 e. The van der Waals surface area contributed by atoms with Crippen molar-refractivity contribution in [3.63, 3.8) is 0 Å². The van der Waals surface area contributed by atoms with E-state index in [1.54, 1.807) is 0 Å². The van der Waals surface area contributed by atoms with Gasteiger partial charge >= 0.3 is 11.9 Å². The molecule has 0 aliphatic heterocycles. The van der Waals surface area contributed by atoms with E-state index in [9.17, 15) is 14.7 Å². The van der Waals surface area contributed by atoms with Crippen LogP contribution in [0, 0.1) is 17.3 Å². The summed E-state index contributed by atoms with van der Waals surface area (Å²) < 4.78 is 9.79. The number of carbonyl (C=O) groups is 2. The topological polar surface area (TPSA) is 72.8 Å². The lowest BCUT2D eigenvalue weighted by atomic mass is 9.69. The summed E-state index contributed by atoms with van der Waals surface area (Å²) in [5.41, 5.74) is -0.141. The van der Waals surface area contributed by atoms with Gasteiger partial charge < -0.3 is 14.6 Å². The molecule has 0 amide bonds. The highest BCUT2D eigenvalue weighted by atomic mass is 16.5. The highest BCUT2D eigenvalue weighted by Gasteiger charge is 2.57. The Hall–Kier alpha value is -1.62. The SMILES string of the molecule is COC(=O)C1=C(C(=O)OC)C2(C(O)C3CCCCC3)C=CC1C2. The van der Waals surface area contributed by atoms with Crippen molar-refractivity contribution >= 4 is 11.9 Å². The maximum absolute atomic E-state index is 12.4. The van der Waals surface area contributed by atoms with Gasteiger partial charge in [0.05, 0.1) is 31.5 Å². The molecular formula is C18H24O5. The number of fused-ring (bicyclic) bond motifs is 2. The molecule has 0 aromatic heterocycles. The predicted octanol–water partition coefficient (Wildman–Crippen LogP) is 2.15. The number of esters is 2. The molecule has 1 N–H and O–H groups in total. The second-order valence-electron chi connectivity index (χ2n) is 6.82. The molecule has 1 saturated carbocycles. The average molecular weight is 320 g/mol. The molecule has 0 aromatic rings. The van der Waals surface area contributed by atoms with Crippen molar-refractivity contribution in [1.29, 1.82) is 0 Å². The van der Waals surface area contributed by atoms with Gasteiger partial charge in [0, 0.05) is 11.3 Å². The molecule has 126 valence electrons. The Morgan fingerprint density at radius 3 is 2.43 bits per heavy atom. The van der Waals surface area contributed by atoms with E-state index in [4.69, 9.17) is 9.47 Å². The molecule has 0 saturated heterocycles. The van der Waals surface area contributed by atoms with E-state index in [0.717, 1.165) is 25.7 Å². The van der Waals surface area contributed by atoms with Gasteiger partial charge in [-0.1, -0.05) is 31.4 Å². The van der Waals surface area contributed by atoms with Crippen LogP contribution in [0.4, 0.5) is 0 Å². The zero-order chi connectivity index (χ0) is 16.6. The van der Waals surface area contributed by atoms with E-state index in [1.165, 1.54) is 20.6 Å². The molecule has 3 aliphatic carbocycles. The second kappa shape index (κ2) is 6.11. The molecule has 0 radical (unpaired) electrons. The average Bonchev–Trinajstić information content (AvgIpc) is 3.18. The first-order valence-corrected chi connectivity index (χ1v) is 8.34. The van der Waals surface area contributed by atoms with Crippen LogP contribution in [0.3, 0.4) is 0 Å². The maximum atomic E-state index is 12.4. The molecule has 3 aliphatic rings. The molecular weight excluding hydrogens is 296 g/mol. The van der Waals surface area contributed by atoms with Gasteiger partial charge in [0.15, 0.2) is 0 Å². The zero-order valence-electron chi connectivity index (χ0n) is 13.7. The van der Waals surface area contributed by atoms with Crippen LogP contribution < -0.4 is 0 Å². The number of methoxy groups -OCH3 is 2. The quantitative estimate of drug-likeness (QED) is 0.635. The van der Waals surface area contributed by atoms with Gasteiger partial charge in [0.2, 0.25) is 0 Å². The van der Waals surface area contributed by atoms with Crippen molar-refractivity contribution < 1.29 is 24.2 Å². The number of ether oxygens (including phenoxy) is 2. The monoisotopic (exact) mass is 320 g/mol. The van der Waals surface area contributed by atoms with Crippen LogP contribution in [-0.4, -0.2) is 37.4 Å². The summed E-state index contributed by atoms with van der Waals surface area (Å²) >= 11 is 0. The van der Waals surface area contributed by atoms with Crippen molar-refractivity contribution in [2.24, 2.45) is 17.3 Å². The summed E-state index contributed by atoms with van der Waals surface area (Å²) in [6.45, 7) is 0. The van der Waals surface area contributed by atoms with Crippen LogP contribution in [0.5, 0.6) is 0 Å². The summed E-state index contributed by atoms with van der Waals surface area (Å²) in [6.07, 6.45) is 9.05. The number of aliphatic hydroxyl groups excluding tert-OH is 1. The molecule has 0 spiro atoms. The first-order chi connectivity index (χ1) is 11.0. The van der Waals surface area contributed by atoms with E-state index >= 15 is 0 Å². The Bertz CT molecular complexity index is 570. The maximum Gasteiger partial charge on any atom is 0.335 e. The first-order valence-electron chi connectivity index (χ1n) is 8.34. The molecule has 5 heteroatoms. The van der Waals surface area contributed by atoms with Crippen molar-refractivity contribution in [2.75, 3.05) is 14.2 Å². The molecule has 5 nitrogen and oxygen atoms in total. The van der Waals surface area contributed by atoms with E-state index in [2.05, 4.69) is 0 Å². The second-order valence-corrected chi connectivity index (χ2v) is 6.82. The molecule has 0 heterocycles. The molecule has 1 fully saturated rings. The van der Waals surface area contributed by atoms with Gasteiger partial charge in [-0.2, -0.15) is 0 Å². The number of hydrogen-bond donors (Lipinski definition) is 1. The van der Waals surface area contributed by atoms with Crippen LogP contribution in [0.25, 0.3) is 0 Å². The molecule has 23 heavy (non-hydrogen) atoms. The normalized spacial score (nSPS) is 31.3. The lowest BCUT2D eigenvalue weighted by Crippen LogP contribution is -2.41. The zero-order valence-corrected chi connectivity index (χ0v) is 13.7. The largest absolute Gasteiger partial charge is 0.466 e. The van der Waals surface area contributed by atoms with Gasteiger partial charge in [-0.15, -0.1) is 0 Å². The van der Waals surface area contributed by atoms with E-state index in [0.29, 0.717) is 17.6 Å². The Labute approximate surface area is 136 Å². The van der Waals surface area contributed by atoms with Gasteiger partial charge in [-0.25, -0.2) is 9.59 Å². The Morgan fingerprint density at radius 1 is 1.17 bits per heavy atom. The van der Waals surface area contributed by atoms with Crippen molar-refractivity contribution in [3.8, 4) is 0 Å². The summed E-state index contributed by atoms with van der Waals surface area (Å²) in [7, 11) is 2.62. The number of allylic oxidation sites excluding steroid dienone is 1. The fraction of sp³-hybridized carbons (Fsp3) is 0.667. The van der Waals surface area contributed by atoms with Crippen LogP contribution >= 0.6 is 0 Å². The number of hydrogen-bond acceptors (Lipinski definition) is 5. The lowest BCUT2D eigenvalue weighted by molar-refractivity contribution is -0.140. The summed E-state index contributed by atoms with van der Waals surface area (Å²) in [6, 6.07) is 0. The van der Waals surface area contributed by atoms with E-state index in [-0.39, 0.29) is 11.8 Å². The van der Waals surface area contributed by atoms with Gasteiger partial charge in [0.25, 0.3) is 0 Å². The van der Waals surface area contributed by atoms with Crippen molar-refractivity contribution in [1.82, 2.24) is 0 Å². The van der Waals surface area contributed by atoms with Crippen LogP contribution in [-0.2, 0) is 19.1 Å². The van der Waals surface area contributed by atoms with Gasteiger partial charge in [0.1, 0.15) is 0 Å². The van der Waals surface area contributed by atoms with Crippen LogP contribution in [0.1, 0.15) is 38.5 Å². The molecule has 3 rings (SSSR count). The number of rotatable bonds is 4. The van der Waals surface area contributed by atoms with Crippen LogP contribution in [0.15, 0.2) is 23.3 Å². The Balaban J connectivity index is 2.02. The molecule has 3 atom stereocenters. The molecule has 2 bridgehead atoms. The highest BCUT2D eigenvalue weighted by Crippen LogP contribution is 2.57. The third-order valence-corrected chi connectivity index (χ3v) is 5.71. The van der Waals surface area contributed by atoms with Gasteiger partial charge in [-0.05, 0) is 25.2 Å². The lowest BCUT2D eigenvalue weighted by Gasteiger charge is -2.38. The molecule has 0 aromatic carbocycles. The van der Waals surface area contributed by atoms with E-state index in [1.807, 2.05) is 12.2 Å². The number of carbonyl (C=O) groups excluding carboxylic acids is 2. The fourth-order valence-corrected chi connectivity index (χ4v) is 4.61. The minimum absolute atomic E-state index is 0.156. The summed E-state index contributed by atoms with van der Waals surface area (Å²) in [5, 5.41) is 11.1. The summed E-state index contributed by atoms with van der Waals surface area (Å²) in [5.74, 6) is -1.05. The van der Waals surface area contributed by atoms with Gasteiger partial charge in [-0.3, -0.25) is 0 Å². The van der Waals surface area contributed by atoms with Crippen molar-refractivity contribution in [2.45, 2.75) is 44.6 Å². The first kappa shape index (κ1) is 16.2. The third-order valence-electron chi connectivity index (χ3n) is 5.71. The predicted molar refractivity (Wildman–Crippen MR) is 83.3 cm³/mol. The molecule has 3 unspecified atom stereocenters. The third kappa shape index (κ3) is 2.42. The van der Waals surface area contributed by atoms with E-state index < -0.39 is 23.5 Å². The minimum atomic E-state index is -0.802. The standard InChI is InChI=1S/C18H24O5/c1-22-16(20)13-12-8-9-18(10-12,14(13)17(21)23-2)15(19)11-6-4-3-5-7-11/h8-9,11-12,15,19H,3-7,10H2,1-2H3. The highest BCUT2D eigenvalue weighted by molar-refractivity contribution is 6.04. The summed E-state index contributed by atoms with van der Waals surface area (Å²) in [4.78, 5) is 24.6. The fourth-order valence-electron chi connectivity index (χ4n) is 4.61. The van der Waals surface area contributed by atoms with Crippen molar-refractivity contribution in [3.05, 3.63) is 23.3 Å². The minimum Gasteiger partial charge on any atom is -0.466 e. The Kier molecular flexibility index (Phi) is 4.32. The Morgan fingerprint density at radius 2 is 1.83 bits per heavy atom. The van der Waals surface area contributed by atoms with Crippen LogP contribution in [0.2, 0.25) is 0 Å². The number of aliphatic hydroxyl groups is 1.